The van der Waals surface area contributed by atoms with Gasteiger partial charge < -0.3 is 0 Å². The molecule has 0 radical (unpaired) electrons. The fraction of sp³-hybridized carbons (Fsp3) is 0.700. The SMILES string of the molecule is NC(=O)C1CC2CC(C1)[C](=[W])N(CBr)C2=O. The topological polar surface area (TPSA) is 63.4 Å². The molecule has 0 aromatic heterocycles. The van der Waals surface area contributed by atoms with Crippen LogP contribution in [0.3, 0.4) is 0 Å². The molecule has 1 aliphatic heterocycles. The molecule has 3 unspecified atom stereocenters. The number of primary amides is 1. The molecule has 88 valence electrons. The molecule has 1 saturated heterocycles. The summed E-state index contributed by atoms with van der Waals surface area (Å²) in [5.74, 6) is 0.166. The van der Waals surface area contributed by atoms with Crippen molar-refractivity contribution in [1.29, 1.82) is 0 Å². The number of alkyl halides is 1. The van der Waals surface area contributed by atoms with E-state index in [1.807, 2.05) is 4.90 Å². The van der Waals surface area contributed by atoms with Crippen molar-refractivity contribution in [3.63, 3.8) is 0 Å². The third-order valence-electron chi connectivity index (χ3n) is 3.46. The first-order valence-electron chi connectivity index (χ1n) is 5.25. The zero-order chi connectivity index (χ0) is 11.9. The van der Waals surface area contributed by atoms with Gasteiger partial charge in [0.25, 0.3) is 0 Å². The third kappa shape index (κ3) is 2.04. The summed E-state index contributed by atoms with van der Waals surface area (Å²) in [5, 5.41) is 0. The van der Waals surface area contributed by atoms with Crippen LogP contribution >= 0.6 is 15.9 Å². The first kappa shape index (κ1) is 12.4. The summed E-state index contributed by atoms with van der Waals surface area (Å²) in [7, 11) is 0. The van der Waals surface area contributed by atoms with Gasteiger partial charge in [-0.2, -0.15) is 0 Å². The predicted molar refractivity (Wildman–Crippen MR) is 59.2 cm³/mol. The number of hydrogen-bond acceptors (Lipinski definition) is 2. The van der Waals surface area contributed by atoms with Gasteiger partial charge in [-0.15, -0.1) is 0 Å². The van der Waals surface area contributed by atoms with E-state index in [1.54, 1.807) is 0 Å². The number of fused-ring (bicyclic) bond motifs is 2. The van der Waals surface area contributed by atoms with Crippen LogP contribution in [0.4, 0.5) is 0 Å². The summed E-state index contributed by atoms with van der Waals surface area (Å²) in [6.45, 7) is 0. The van der Waals surface area contributed by atoms with E-state index in [2.05, 4.69) is 15.9 Å². The van der Waals surface area contributed by atoms with E-state index >= 15 is 0 Å². The predicted octanol–water partition coefficient (Wildman–Crippen LogP) is 0.375. The van der Waals surface area contributed by atoms with Crippen LogP contribution in [-0.2, 0) is 28.9 Å². The second-order valence-electron chi connectivity index (χ2n) is 4.42. The number of halogens is 1. The Bertz CT molecular complexity index is 337. The maximum atomic E-state index is 12.1. The molecule has 1 heterocycles. The Hall–Kier alpha value is -0.0217. The normalized spacial score (nSPS) is 34.1. The quantitative estimate of drug-likeness (QED) is 0.482. The van der Waals surface area contributed by atoms with Crippen LogP contribution in [0, 0.1) is 17.8 Å². The standard InChI is InChI=1S/C10H13BrN2O2.W/c11-5-13-4-6-1-7(9(12)14)3-8(2-6)10(13)15;/h6-8H,1-3,5H2,(H2,12,14);. The number of rotatable bonds is 2. The number of amides is 2. The monoisotopic (exact) mass is 456 g/mol. The van der Waals surface area contributed by atoms with Gasteiger partial charge >= 0.3 is 114 Å². The van der Waals surface area contributed by atoms with Crippen molar-refractivity contribution in [3.05, 3.63) is 0 Å². The van der Waals surface area contributed by atoms with Crippen LogP contribution in [0.5, 0.6) is 0 Å². The Kier molecular flexibility index (Phi) is 3.65. The van der Waals surface area contributed by atoms with Gasteiger partial charge in [0.15, 0.2) is 0 Å². The van der Waals surface area contributed by atoms with Crippen LogP contribution in [0.2, 0.25) is 0 Å². The van der Waals surface area contributed by atoms with Crippen LogP contribution in [0.15, 0.2) is 0 Å². The number of hydrogen-bond donors (Lipinski definition) is 1. The van der Waals surface area contributed by atoms with Crippen molar-refractivity contribution in [2.24, 2.45) is 23.5 Å². The molecule has 2 rings (SSSR count). The number of nitrogens with zero attached hydrogens (tertiary/aromatic N) is 1. The summed E-state index contributed by atoms with van der Waals surface area (Å²) in [5.41, 5.74) is 5.92. The van der Waals surface area contributed by atoms with Crippen molar-refractivity contribution in [2.75, 3.05) is 5.45 Å². The Morgan fingerprint density at radius 3 is 2.62 bits per heavy atom. The third-order valence-corrected chi connectivity index (χ3v) is 5.95. The Balaban J connectivity index is 2.22. The van der Waals surface area contributed by atoms with Crippen molar-refractivity contribution in [1.82, 2.24) is 4.90 Å². The van der Waals surface area contributed by atoms with Gasteiger partial charge in [0.05, 0.1) is 0 Å². The second-order valence-corrected chi connectivity index (χ2v) is 6.43. The van der Waals surface area contributed by atoms with E-state index in [4.69, 9.17) is 5.73 Å². The van der Waals surface area contributed by atoms with E-state index in [9.17, 15) is 9.59 Å². The Labute approximate surface area is 113 Å². The minimum atomic E-state index is -0.252. The molecule has 1 aliphatic carbocycles. The first-order valence-corrected chi connectivity index (χ1v) is 7.84. The molecule has 16 heavy (non-hydrogen) atoms. The van der Waals surface area contributed by atoms with E-state index in [1.165, 1.54) is 19.4 Å². The fourth-order valence-corrected chi connectivity index (χ4v) is 5.04. The summed E-state index contributed by atoms with van der Waals surface area (Å²) in [6, 6.07) is 0. The van der Waals surface area contributed by atoms with E-state index in [-0.39, 0.29) is 23.7 Å². The molecule has 2 N–H and O–H groups in total. The van der Waals surface area contributed by atoms with Crippen molar-refractivity contribution < 1.29 is 28.9 Å². The Morgan fingerprint density at radius 2 is 2.06 bits per heavy atom. The first-order chi connectivity index (χ1) is 7.54. The molecule has 1 saturated carbocycles. The summed E-state index contributed by atoms with van der Waals surface area (Å²) in [4.78, 5) is 25.1. The van der Waals surface area contributed by atoms with Crippen LogP contribution < -0.4 is 5.73 Å². The summed E-state index contributed by atoms with van der Waals surface area (Å²) >= 11 is 4.67. The van der Waals surface area contributed by atoms with Gasteiger partial charge in [0.1, 0.15) is 0 Å². The minimum absolute atomic E-state index is 0.00287. The van der Waals surface area contributed by atoms with Crippen LogP contribution in [-0.4, -0.2) is 26.2 Å². The van der Waals surface area contributed by atoms with Gasteiger partial charge in [-0.1, -0.05) is 0 Å². The average molecular weight is 457 g/mol. The number of carbonyl (C=O) groups excluding carboxylic acids is 2. The zero-order valence-electron chi connectivity index (χ0n) is 8.69. The second kappa shape index (κ2) is 4.69. The van der Waals surface area contributed by atoms with Gasteiger partial charge in [-0.3, -0.25) is 0 Å². The zero-order valence-corrected chi connectivity index (χ0v) is 13.2. The van der Waals surface area contributed by atoms with Gasteiger partial charge in [-0.05, 0) is 0 Å². The molecule has 2 amide bonds. The number of carbonyl (C=O) groups is 2. The van der Waals surface area contributed by atoms with E-state index < -0.39 is 0 Å². The van der Waals surface area contributed by atoms with Crippen molar-refractivity contribution in [2.45, 2.75) is 19.3 Å². The molecule has 2 bridgehead atoms. The molecule has 0 aromatic rings. The molecule has 6 heteroatoms. The molecular weight excluding hydrogens is 444 g/mol. The molecular formula is C10H13BrN2O2W. The van der Waals surface area contributed by atoms with Crippen LogP contribution in [0.25, 0.3) is 0 Å². The van der Waals surface area contributed by atoms with Gasteiger partial charge in [0, 0.05) is 0 Å². The van der Waals surface area contributed by atoms with Crippen molar-refractivity contribution in [3.8, 4) is 0 Å². The molecule has 2 aliphatic rings. The molecule has 2 fully saturated rings. The Morgan fingerprint density at radius 1 is 1.44 bits per heavy atom. The molecule has 3 atom stereocenters. The van der Waals surface area contributed by atoms with Crippen molar-refractivity contribution >= 4 is 31.8 Å². The maximum absolute atomic E-state index is 12.1. The fourth-order valence-electron chi connectivity index (χ4n) is 2.62. The summed E-state index contributed by atoms with van der Waals surface area (Å²) < 4.78 is 1.16. The van der Waals surface area contributed by atoms with E-state index in [0.29, 0.717) is 17.8 Å². The molecule has 0 aromatic carbocycles. The summed E-state index contributed by atoms with van der Waals surface area (Å²) in [6.07, 6.45) is 2.36. The van der Waals surface area contributed by atoms with Gasteiger partial charge in [0.2, 0.25) is 0 Å². The van der Waals surface area contributed by atoms with E-state index in [0.717, 1.165) is 16.9 Å². The number of nitrogens with two attached hydrogens (primary N) is 1. The average Bonchev–Trinajstić information content (AvgIpc) is 2.27. The van der Waals surface area contributed by atoms with Crippen LogP contribution in [0.1, 0.15) is 19.3 Å². The molecule has 0 spiro atoms. The molecule has 4 nitrogen and oxygen atoms in total. The number of piperidine rings is 1. The number of likely N-dealkylation sites (tertiary alicyclic amines) is 1. The van der Waals surface area contributed by atoms with Gasteiger partial charge in [-0.25, -0.2) is 0 Å².